The quantitative estimate of drug-likeness (QED) is 0.940. The van der Waals surface area contributed by atoms with Crippen LogP contribution in [0.4, 0.5) is 4.39 Å². The first-order valence-corrected chi connectivity index (χ1v) is 8.67. The smallest absolute Gasteiger partial charge is 0.123 e. The lowest BCUT2D eigenvalue weighted by Crippen LogP contribution is -2.36. The van der Waals surface area contributed by atoms with Gasteiger partial charge >= 0.3 is 0 Å². The summed E-state index contributed by atoms with van der Waals surface area (Å²) in [7, 11) is 0. The molecule has 0 unspecified atom stereocenters. The van der Waals surface area contributed by atoms with Crippen molar-refractivity contribution in [3.05, 3.63) is 65.2 Å². The summed E-state index contributed by atoms with van der Waals surface area (Å²) >= 11 is 0. The van der Waals surface area contributed by atoms with Crippen molar-refractivity contribution in [2.24, 2.45) is 11.8 Å². The fraction of sp³-hybridized carbons (Fsp3) is 0.450. The largest absolute Gasteiger partial charge is 0.383 e. The molecule has 4 heteroatoms. The van der Waals surface area contributed by atoms with Gasteiger partial charge in [0.25, 0.3) is 0 Å². The van der Waals surface area contributed by atoms with Crippen LogP contribution in [0.2, 0.25) is 0 Å². The fourth-order valence-corrected chi connectivity index (χ4v) is 4.64. The first-order chi connectivity index (χ1) is 11.6. The average molecular weight is 326 g/mol. The number of pyridine rings is 1. The molecule has 0 amide bonds. The van der Waals surface area contributed by atoms with Gasteiger partial charge in [0.2, 0.25) is 0 Å². The number of nitrogens with zero attached hydrogens (tertiary/aromatic N) is 2. The fourth-order valence-electron chi connectivity index (χ4n) is 4.64. The van der Waals surface area contributed by atoms with Crippen LogP contribution in [0, 0.1) is 24.6 Å². The molecule has 3 nitrogen and oxygen atoms in total. The molecule has 0 bridgehead atoms. The molecule has 0 spiro atoms. The topological polar surface area (TPSA) is 36.4 Å². The molecule has 1 aromatic carbocycles. The van der Waals surface area contributed by atoms with E-state index in [1.54, 1.807) is 18.3 Å². The van der Waals surface area contributed by atoms with Gasteiger partial charge < -0.3 is 5.11 Å². The van der Waals surface area contributed by atoms with Crippen LogP contribution in [0.3, 0.4) is 0 Å². The maximum atomic E-state index is 13.4. The van der Waals surface area contributed by atoms with Crippen molar-refractivity contribution in [2.45, 2.75) is 31.9 Å². The molecule has 1 aliphatic carbocycles. The van der Waals surface area contributed by atoms with Gasteiger partial charge in [-0.25, -0.2) is 4.39 Å². The Morgan fingerprint density at radius 3 is 2.96 bits per heavy atom. The van der Waals surface area contributed by atoms with Crippen LogP contribution in [0.1, 0.15) is 29.7 Å². The van der Waals surface area contributed by atoms with E-state index < -0.39 is 5.60 Å². The highest BCUT2D eigenvalue weighted by Crippen LogP contribution is 2.50. The molecule has 2 aliphatic rings. The van der Waals surface area contributed by atoms with Crippen LogP contribution in [0.25, 0.3) is 0 Å². The minimum atomic E-state index is -0.827. The Hall–Kier alpha value is -1.78. The summed E-state index contributed by atoms with van der Waals surface area (Å²) in [6.45, 7) is 4.57. The third kappa shape index (κ3) is 2.64. The number of hydrogen-bond acceptors (Lipinski definition) is 3. The highest BCUT2D eigenvalue weighted by atomic mass is 19.1. The summed E-state index contributed by atoms with van der Waals surface area (Å²) in [6, 6.07) is 10.7. The molecule has 126 valence electrons. The van der Waals surface area contributed by atoms with Crippen molar-refractivity contribution in [2.75, 3.05) is 13.1 Å². The Morgan fingerprint density at radius 1 is 1.29 bits per heavy atom. The van der Waals surface area contributed by atoms with Gasteiger partial charge in [-0.15, -0.1) is 0 Å². The number of halogens is 1. The predicted molar refractivity (Wildman–Crippen MR) is 90.8 cm³/mol. The van der Waals surface area contributed by atoms with Crippen molar-refractivity contribution in [1.29, 1.82) is 0 Å². The molecular formula is C20H23FN2O. The maximum absolute atomic E-state index is 13.4. The average Bonchev–Trinajstić information content (AvgIpc) is 3.09. The van der Waals surface area contributed by atoms with E-state index in [1.807, 2.05) is 25.1 Å². The first-order valence-electron chi connectivity index (χ1n) is 8.67. The second-order valence-corrected chi connectivity index (χ2v) is 7.32. The third-order valence-electron chi connectivity index (χ3n) is 5.74. The summed E-state index contributed by atoms with van der Waals surface area (Å²) in [5.74, 6) is 0.511. The predicted octanol–water partition coefficient (Wildman–Crippen LogP) is 3.26. The molecule has 1 aromatic heterocycles. The zero-order chi connectivity index (χ0) is 16.7. The van der Waals surface area contributed by atoms with Crippen molar-refractivity contribution >= 4 is 0 Å². The SMILES string of the molecule is Cc1cccnc1[C@]1(O)CC[C@H]2CN(Cc3cccc(F)c3)C[C@H]21. The number of hydrogen-bond donors (Lipinski definition) is 1. The van der Waals surface area contributed by atoms with Gasteiger partial charge in [-0.05, 0) is 55.0 Å². The molecule has 2 heterocycles. The lowest BCUT2D eigenvalue weighted by molar-refractivity contribution is -0.0114. The van der Waals surface area contributed by atoms with Gasteiger partial charge in [-0.3, -0.25) is 9.88 Å². The Bertz CT molecular complexity index is 750. The van der Waals surface area contributed by atoms with E-state index in [1.165, 1.54) is 6.07 Å². The van der Waals surface area contributed by atoms with E-state index in [9.17, 15) is 9.50 Å². The van der Waals surface area contributed by atoms with Gasteiger partial charge in [-0.2, -0.15) is 0 Å². The van der Waals surface area contributed by atoms with Gasteiger partial charge in [0.05, 0.1) is 5.69 Å². The minimum Gasteiger partial charge on any atom is -0.383 e. The molecule has 4 rings (SSSR count). The van der Waals surface area contributed by atoms with E-state index in [0.29, 0.717) is 5.92 Å². The summed E-state index contributed by atoms with van der Waals surface area (Å²) in [6.07, 6.45) is 3.58. The monoisotopic (exact) mass is 326 g/mol. The standard InChI is InChI=1S/C20H23FN2O/c1-14-4-3-9-22-19(14)20(24)8-7-16-12-23(13-18(16)20)11-15-5-2-6-17(21)10-15/h2-6,9-10,16,18,24H,7-8,11-13H2,1H3/t16-,18+,20-/m0/s1. The number of likely N-dealkylation sites (tertiary alicyclic amines) is 1. The zero-order valence-corrected chi connectivity index (χ0v) is 14.0. The molecule has 1 aliphatic heterocycles. The molecule has 2 fully saturated rings. The van der Waals surface area contributed by atoms with E-state index in [0.717, 1.165) is 49.3 Å². The van der Waals surface area contributed by atoms with Crippen molar-refractivity contribution in [1.82, 2.24) is 9.88 Å². The Balaban J connectivity index is 1.54. The van der Waals surface area contributed by atoms with Crippen LogP contribution in [0.5, 0.6) is 0 Å². The first kappa shape index (κ1) is 15.7. The lowest BCUT2D eigenvalue weighted by atomic mass is 9.83. The molecule has 1 saturated heterocycles. The molecule has 0 radical (unpaired) electrons. The van der Waals surface area contributed by atoms with Gasteiger partial charge in [0.1, 0.15) is 11.4 Å². The number of aliphatic hydroxyl groups is 1. The number of aryl methyl sites for hydroxylation is 1. The van der Waals surface area contributed by atoms with Crippen LogP contribution in [0.15, 0.2) is 42.6 Å². The Labute approximate surface area is 142 Å². The maximum Gasteiger partial charge on any atom is 0.123 e. The normalized spacial score (nSPS) is 29.8. The van der Waals surface area contributed by atoms with Crippen molar-refractivity contribution < 1.29 is 9.50 Å². The van der Waals surface area contributed by atoms with E-state index >= 15 is 0 Å². The number of fused-ring (bicyclic) bond motifs is 1. The molecule has 2 aromatic rings. The highest BCUT2D eigenvalue weighted by molar-refractivity contribution is 5.27. The van der Waals surface area contributed by atoms with E-state index in [-0.39, 0.29) is 11.7 Å². The Morgan fingerprint density at radius 2 is 2.17 bits per heavy atom. The Kier molecular flexibility index (Phi) is 3.89. The van der Waals surface area contributed by atoms with Crippen LogP contribution in [-0.4, -0.2) is 28.1 Å². The molecular weight excluding hydrogens is 303 g/mol. The third-order valence-corrected chi connectivity index (χ3v) is 5.74. The molecule has 24 heavy (non-hydrogen) atoms. The summed E-state index contributed by atoms with van der Waals surface area (Å²) in [4.78, 5) is 6.83. The van der Waals surface area contributed by atoms with Crippen molar-refractivity contribution in [3.8, 4) is 0 Å². The number of rotatable bonds is 3. The highest BCUT2D eigenvalue weighted by Gasteiger charge is 2.53. The van der Waals surface area contributed by atoms with Crippen LogP contribution >= 0.6 is 0 Å². The lowest BCUT2D eigenvalue weighted by Gasteiger charge is -2.31. The van der Waals surface area contributed by atoms with Crippen LogP contribution in [-0.2, 0) is 12.1 Å². The van der Waals surface area contributed by atoms with Crippen molar-refractivity contribution in [3.63, 3.8) is 0 Å². The van der Waals surface area contributed by atoms with E-state index in [2.05, 4.69) is 9.88 Å². The number of benzene rings is 1. The summed E-state index contributed by atoms with van der Waals surface area (Å²) < 4.78 is 13.4. The minimum absolute atomic E-state index is 0.187. The van der Waals surface area contributed by atoms with Gasteiger partial charge in [-0.1, -0.05) is 18.2 Å². The van der Waals surface area contributed by atoms with Gasteiger partial charge in [0, 0.05) is 31.7 Å². The number of aromatic nitrogens is 1. The van der Waals surface area contributed by atoms with E-state index in [4.69, 9.17) is 0 Å². The van der Waals surface area contributed by atoms with Crippen LogP contribution < -0.4 is 0 Å². The molecule has 3 atom stereocenters. The second-order valence-electron chi connectivity index (χ2n) is 7.32. The summed E-state index contributed by atoms with van der Waals surface area (Å²) in [5.41, 5.74) is 2.06. The summed E-state index contributed by atoms with van der Waals surface area (Å²) in [5, 5.41) is 11.4. The zero-order valence-electron chi connectivity index (χ0n) is 14.0. The van der Waals surface area contributed by atoms with Gasteiger partial charge in [0.15, 0.2) is 0 Å². The molecule has 1 saturated carbocycles. The molecule has 1 N–H and O–H groups in total. The second kappa shape index (κ2) is 5.94.